The van der Waals surface area contributed by atoms with Gasteiger partial charge < -0.3 is 0 Å². The molecule has 0 spiro atoms. The Morgan fingerprint density at radius 1 is 1.53 bits per heavy atom. The first kappa shape index (κ1) is 12.3. The van der Waals surface area contributed by atoms with Crippen LogP contribution in [0.25, 0.3) is 0 Å². The molecule has 4 nitrogen and oxygen atoms in total. The molecule has 0 amide bonds. The van der Waals surface area contributed by atoms with Gasteiger partial charge in [-0.1, -0.05) is 18.5 Å². The molecule has 0 aliphatic carbocycles. The molecule has 0 unspecified atom stereocenters. The lowest BCUT2D eigenvalue weighted by molar-refractivity contribution is 0.0993. The number of Topliss-reactive ketones (excluding diaryl/α,β-unsaturated/α-hetero) is 1. The van der Waals surface area contributed by atoms with E-state index in [4.69, 9.17) is 11.6 Å². The van der Waals surface area contributed by atoms with Crippen molar-refractivity contribution < 1.29 is 4.79 Å². The van der Waals surface area contributed by atoms with E-state index in [1.807, 2.05) is 0 Å². The lowest BCUT2D eigenvalue weighted by Gasteiger charge is -2.02. The van der Waals surface area contributed by atoms with Crippen LogP contribution in [-0.4, -0.2) is 20.5 Å². The van der Waals surface area contributed by atoms with Crippen molar-refractivity contribution in [2.24, 2.45) is 0 Å². The van der Waals surface area contributed by atoms with Crippen LogP contribution in [0.5, 0.6) is 0 Å². The number of nitrogens with zero attached hydrogens (tertiary/aromatic N) is 3. The standard InChI is InChI=1S/C11H12ClN3OS/c1-2-5-15-11(13-7-14-15)6-8(16)9-3-4-10(12)17-9/h3-4,7H,2,5-6H2,1H3. The Balaban J connectivity index is 2.10. The molecule has 6 heteroatoms. The third kappa shape index (κ3) is 2.92. The van der Waals surface area contributed by atoms with Crippen LogP contribution in [0.4, 0.5) is 0 Å². The number of ketones is 1. The lowest BCUT2D eigenvalue weighted by Crippen LogP contribution is -2.10. The molecule has 0 atom stereocenters. The van der Waals surface area contributed by atoms with E-state index in [0.29, 0.717) is 15.0 Å². The minimum absolute atomic E-state index is 0.0345. The summed E-state index contributed by atoms with van der Waals surface area (Å²) in [5.41, 5.74) is 0. The van der Waals surface area contributed by atoms with Gasteiger partial charge in [-0.05, 0) is 18.6 Å². The Morgan fingerprint density at radius 3 is 3.00 bits per heavy atom. The molecule has 90 valence electrons. The Hall–Kier alpha value is -1.20. The summed E-state index contributed by atoms with van der Waals surface area (Å²) < 4.78 is 2.40. The van der Waals surface area contributed by atoms with Crippen molar-refractivity contribution in [3.63, 3.8) is 0 Å². The highest BCUT2D eigenvalue weighted by atomic mass is 35.5. The molecule has 0 saturated heterocycles. The van der Waals surface area contributed by atoms with Crippen molar-refractivity contribution in [1.82, 2.24) is 14.8 Å². The molecule has 0 aliphatic rings. The highest BCUT2D eigenvalue weighted by Crippen LogP contribution is 2.22. The molecule has 2 aromatic rings. The van der Waals surface area contributed by atoms with Crippen molar-refractivity contribution in [1.29, 1.82) is 0 Å². The minimum Gasteiger partial charge on any atom is -0.293 e. The van der Waals surface area contributed by atoms with Crippen LogP contribution in [0.1, 0.15) is 28.8 Å². The number of hydrogen-bond donors (Lipinski definition) is 0. The average Bonchev–Trinajstić information content (AvgIpc) is 2.89. The van der Waals surface area contributed by atoms with Gasteiger partial charge in [0.25, 0.3) is 0 Å². The van der Waals surface area contributed by atoms with Crippen LogP contribution >= 0.6 is 22.9 Å². The van der Waals surface area contributed by atoms with Gasteiger partial charge in [0.05, 0.1) is 15.6 Å². The largest absolute Gasteiger partial charge is 0.293 e. The van der Waals surface area contributed by atoms with E-state index < -0.39 is 0 Å². The molecule has 2 heterocycles. The fourth-order valence-electron chi connectivity index (χ4n) is 1.52. The first-order valence-corrected chi connectivity index (χ1v) is 6.55. The predicted octanol–water partition coefficient (Wildman–Crippen LogP) is 2.83. The maximum atomic E-state index is 12.0. The number of aromatic nitrogens is 3. The Morgan fingerprint density at radius 2 is 2.35 bits per heavy atom. The number of aryl methyl sites for hydroxylation is 1. The normalized spacial score (nSPS) is 10.7. The first-order valence-electron chi connectivity index (χ1n) is 5.36. The number of rotatable bonds is 5. The first-order chi connectivity index (χ1) is 8.20. The number of hydrogen-bond acceptors (Lipinski definition) is 4. The van der Waals surface area contributed by atoms with Gasteiger partial charge in [-0.15, -0.1) is 11.3 Å². The van der Waals surface area contributed by atoms with Gasteiger partial charge in [0.1, 0.15) is 12.2 Å². The van der Waals surface area contributed by atoms with E-state index in [1.54, 1.807) is 16.8 Å². The topological polar surface area (TPSA) is 47.8 Å². The zero-order valence-corrected chi connectivity index (χ0v) is 11.0. The summed E-state index contributed by atoms with van der Waals surface area (Å²) in [5, 5.41) is 4.09. The summed E-state index contributed by atoms with van der Waals surface area (Å²) >= 11 is 7.10. The summed E-state index contributed by atoms with van der Waals surface area (Å²) in [6, 6.07) is 3.48. The SMILES string of the molecule is CCCn1ncnc1CC(=O)c1ccc(Cl)s1. The molecule has 0 bridgehead atoms. The van der Waals surface area contributed by atoms with Crippen LogP contribution in [0.15, 0.2) is 18.5 Å². The van der Waals surface area contributed by atoms with Crippen LogP contribution in [0, 0.1) is 0 Å². The van der Waals surface area contributed by atoms with Gasteiger partial charge in [0, 0.05) is 6.54 Å². The van der Waals surface area contributed by atoms with E-state index in [1.165, 1.54) is 17.7 Å². The molecule has 0 saturated carbocycles. The maximum absolute atomic E-state index is 12.0. The Labute approximate surface area is 108 Å². The van der Waals surface area contributed by atoms with Gasteiger partial charge in [0.2, 0.25) is 0 Å². The summed E-state index contributed by atoms with van der Waals surface area (Å²) in [6.45, 7) is 2.85. The van der Waals surface area contributed by atoms with Crippen molar-refractivity contribution in [3.8, 4) is 0 Å². The van der Waals surface area contributed by atoms with Gasteiger partial charge in [0.15, 0.2) is 5.78 Å². The molecule has 0 aliphatic heterocycles. The average molecular weight is 270 g/mol. The number of carbonyl (C=O) groups is 1. The van der Waals surface area contributed by atoms with Gasteiger partial charge >= 0.3 is 0 Å². The summed E-state index contributed by atoms with van der Waals surface area (Å²) in [4.78, 5) is 16.7. The Bertz CT molecular complexity index is 520. The quantitative estimate of drug-likeness (QED) is 0.784. The monoisotopic (exact) mass is 269 g/mol. The van der Waals surface area contributed by atoms with E-state index in [-0.39, 0.29) is 12.2 Å². The third-order valence-electron chi connectivity index (χ3n) is 2.30. The van der Waals surface area contributed by atoms with E-state index >= 15 is 0 Å². The van der Waals surface area contributed by atoms with Crippen molar-refractivity contribution in [2.75, 3.05) is 0 Å². The van der Waals surface area contributed by atoms with Gasteiger partial charge in [-0.25, -0.2) is 9.67 Å². The molecule has 0 aromatic carbocycles. The zero-order valence-electron chi connectivity index (χ0n) is 9.39. The van der Waals surface area contributed by atoms with Crippen molar-refractivity contribution >= 4 is 28.7 Å². The smallest absolute Gasteiger partial charge is 0.180 e. The van der Waals surface area contributed by atoms with Crippen molar-refractivity contribution in [3.05, 3.63) is 33.5 Å². The molecule has 2 rings (SSSR count). The minimum atomic E-state index is 0.0345. The van der Waals surface area contributed by atoms with Gasteiger partial charge in [-0.3, -0.25) is 4.79 Å². The third-order valence-corrected chi connectivity index (χ3v) is 3.57. The summed E-state index contributed by atoms with van der Waals surface area (Å²) in [5.74, 6) is 0.744. The highest BCUT2D eigenvalue weighted by molar-refractivity contribution is 7.18. The highest BCUT2D eigenvalue weighted by Gasteiger charge is 2.13. The number of carbonyl (C=O) groups excluding carboxylic acids is 1. The summed E-state index contributed by atoms with van der Waals surface area (Å²) in [7, 11) is 0. The van der Waals surface area contributed by atoms with Crippen LogP contribution < -0.4 is 0 Å². The molecule has 0 radical (unpaired) electrons. The molecule has 17 heavy (non-hydrogen) atoms. The number of halogens is 1. The Kier molecular flexibility index (Phi) is 3.91. The predicted molar refractivity (Wildman–Crippen MR) is 67.7 cm³/mol. The molecule has 0 fully saturated rings. The number of thiophene rings is 1. The van der Waals surface area contributed by atoms with E-state index in [9.17, 15) is 4.79 Å². The van der Waals surface area contributed by atoms with E-state index in [2.05, 4.69) is 17.0 Å². The molecular formula is C11H12ClN3OS. The van der Waals surface area contributed by atoms with Crippen LogP contribution in [0.3, 0.4) is 0 Å². The zero-order chi connectivity index (χ0) is 12.3. The second kappa shape index (κ2) is 5.42. The van der Waals surface area contributed by atoms with Crippen LogP contribution in [-0.2, 0) is 13.0 Å². The molecule has 2 aromatic heterocycles. The second-order valence-electron chi connectivity index (χ2n) is 3.60. The van der Waals surface area contributed by atoms with Crippen molar-refractivity contribution in [2.45, 2.75) is 26.3 Å². The lowest BCUT2D eigenvalue weighted by atomic mass is 10.2. The molecular weight excluding hydrogens is 258 g/mol. The van der Waals surface area contributed by atoms with Crippen LogP contribution in [0.2, 0.25) is 4.34 Å². The second-order valence-corrected chi connectivity index (χ2v) is 5.32. The van der Waals surface area contributed by atoms with Gasteiger partial charge in [-0.2, -0.15) is 5.10 Å². The molecule has 0 N–H and O–H groups in total. The van der Waals surface area contributed by atoms with E-state index in [0.717, 1.165) is 13.0 Å². The fraction of sp³-hybridized carbons (Fsp3) is 0.364. The summed E-state index contributed by atoms with van der Waals surface area (Å²) in [6.07, 6.45) is 2.73. The maximum Gasteiger partial charge on any atom is 0.180 e. The fourth-order valence-corrected chi connectivity index (χ4v) is 2.50.